The highest BCUT2D eigenvalue weighted by Gasteiger charge is 1.94. The van der Waals surface area contributed by atoms with E-state index in [-0.39, 0.29) is 0 Å². The summed E-state index contributed by atoms with van der Waals surface area (Å²) >= 11 is 0. The molecule has 0 radical (unpaired) electrons. The Kier molecular flexibility index (Phi) is 19.9. The zero-order chi connectivity index (χ0) is 20.0. The van der Waals surface area contributed by atoms with Gasteiger partial charge in [-0.15, -0.1) is 5.92 Å². The van der Waals surface area contributed by atoms with Crippen LogP contribution in [-0.2, 0) is 11.4 Å². The molecule has 1 N–H and O–H groups in total. The van der Waals surface area contributed by atoms with E-state index in [0.717, 1.165) is 5.75 Å². The van der Waals surface area contributed by atoms with Crippen molar-refractivity contribution in [2.24, 2.45) is 0 Å². The lowest BCUT2D eigenvalue weighted by Gasteiger charge is -2.06. The predicted molar refractivity (Wildman–Crippen MR) is 112 cm³/mol. The Bertz CT molecular complexity index is 596. The molecular formula is C23H33NO2. The lowest BCUT2D eigenvalue weighted by Crippen LogP contribution is -2.09. The zero-order valence-electron chi connectivity index (χ0n) is 17.0. The molecule has 3 heteroatoms. The second-order valence-corrected chi connectivity index (χ2v) is 4.51. The van der Waals surface area contributed by atoms with Crippen molar-refractivity contribution in [1.82, 2.24) is 5.32 Å². The van der Waals surface area contributed by atoms with Crippen molar-refractivity contribution in [3.05, 3.63) is 65.7 Å². The first-order chi connectivity index (χ1) is 12.8. The molecule has 0 heterocycles. The Hall–Kier alpha value is -2.73. The van der Waals surface area contributed by atoms with Crippen LogP contribution in [0.5, 0.6) is 5.75 Å². The van der Waals surface area contributed by atoms with Gasteiger partial charge in [-0.2, -0.15) is 0 Å². The molecule has 3 nitrogen and oxygen atoms in total. The van der Waals surface area contributed by atoms with Gasteiger partial charge in [0.25, 0.3) is 0 Å². The molecule has 0 saturated carbocycles. The van der Waals surface area contributed by atoms with Gasteiger partial charge >= 0.3 is 0 Å². The van der Waals surface area contributed by atoms with E-state index < -0.39 is 0 Å². The Morgan fingerprint density at radius 2 is 1.54 bits per heavy atom. The SMILES string of the molecule is CC.CC.CC#CCNC=O.Cc1ccc(OCc2ccccc2)cc1. The Morgan fingerprint density at radius 3 is 2.04 bits per heavy atom. The summed E-state index contributed by atoms with van der Waals surface area (Å²) in [5.41, 5.74) is 2.44. The summed E-state index contributed by atoms with van der Waals surface area (Å²) in [5, 5.41) is 2.40. The van der Waals surface area contributed by atoms with Gasteiger partial charge in [0.2, 0.25) is 6.41 Å². The summed E-state index contributed by atoms with van der Waals surface area (Å²) in [6.07, 6.45) is 0.629. The lowest BCUT2D eigenvalue weighted by molar-refractivity contribution is -0.109. The highest BCUT2D eigenvalue weighted by atomic mass is 16.5. The van der Waals surface area contributed by atoms with Crippen LogP contribution in [0.4, 0.5) is 0 Å². The summed E-state index contributed by atoms with van der Waals surface area (Å²) in [6.45, 7) is 12.9. The first kappa shape index (κ1) is 25.5. The fraction of sp³-hybridized carbons (Fsp3) is 0.348. The predicted octanol–water partition coefficient (Wildman–Crippen LogP) is 5.38. The van der Waals surface area contributed by atoms with Crippen molar-refractivity contribution in [2.45, 2.75) is 48.1 Å². The van der Waals surface area contributed by atoms with Crippen molar-refractivity contribution in [3.8, 4) is 17.6 Å². The molecule has 0 aliphatic heterocycles. The van der Waals surface area contributed by atoms with Crippen LogP contribution in [0.1, 0.15) is 45.7 Å². The lowest BCUT2D eigenvalue weighted by atomic mass is 10.2. The van der Waals surface area contributed by atoms with Gasteiger partial charge in [-0.25, -0.2) is 0 Å². The fourth-order valence-corrected chi connectivity index (χ4v) is 1.56. The Morgan fingerprint density at radius 1 is 0.962 bits per heavy atom. The number of amides is 1. The first-order valence-corrected chi connectivity index (χ1v) is 9.06. The molecule has 0 fully saturated rings. The van der Waals surface area contributed by atoms with Crippen molar-refractivity contribution in [2.75, 3.05) is 6.54 Å². The molecule has 0 aliphatic rings. The number of hydrogen-bond acceptors (Lipinski definition) is 2. The molecule has 0 atom stereocenters. The smallest absolute Gasteiger partial charge is 0.207 e. The van der Waals surface area contributed by atoms with Crippen molar-refractivity contribution in [3.63, 3.8) is 0 Å². The van der Waals surface area contributed by atoms with E-state index in [1.54, 1.807) is 6.92 Å². The van der Waals surface area contributed by atoms with Gasteiger partial charge in [0.05, 0.1) is 6.54 Å². The van der Waals surface area contributed by atoms with E-state index in [4.69, 9.17) is 4.74 Å². The van der Waals surface area contributed by atoms with Crippen LogP contribution in [-0.4, -0.2) is 13.0 Å². The molecule has 2 rings (SSSR count). The van der Waals surface area contributed by atoms with Gasteiger partial charge in [0.15, 0.2) is 0 Å². The third kappa shape index (κ3) is 14.8. The molecule has 0 aromatic heterocycles. The van der Waals surface area contributed by atoms with Crippen molar-refractivity contribution < 1.29 is 9.53 Å². The van der Waals surface area contributed by atoms with E-state index in [2.05, 4.69) is 48.3 Å². The molecule has 0 bridgehead atoms. The quantitative estimate of drug-likeness (QED) is 0.444. The van der Waals surface area contributed by atoms with Crippen LogP contribution in [0.3, 0.4) is 0 Å². The monoisotopic (exact) mass is 355 g/mol. The number of carbonyl (C=O) groups is 1. The van der Waals surface area contributed by atoms with Crippen LogP contribution in [0, 0.1) is 18.8 Å². The molecule has 0 spiro atoms. The van der Waals surface area contributed by atoms with Crippen molar-refractivity contribution >= 4 is 6.41 Å². The fourth-order valence-electron chi connectivity index (χ4n) is 1.56. The Balaban J connectivity index is 0. The van der Waals surface area contributed by atoms with Gasteiger partial charge in [-0.05, 0) is 31.5 Å². The Labute approximate surface area is 159 Å². The number of nitrogens with one attached hydrogen (secondary N) is 1. The molecule has 1 amide bonds. The topological polar surface area (TPSA) is 38.3 Å². The summed E-state index contributed by atoms with van der Waals surface area (Å²) in [6, 6.07) is 18.3. The minimum Gasteiger partial charge on any atom is -0.489 e. The normalized spacial score (nSPS) is 7.77. The van der Waals surface area contributed by atoms with E-state index in [1.807, 2.05) is 58.0 Å². The molecule has 26 heavy (non-hydrogen) atoms. The molecule has 2 aromatic rings. The zero-order valence-corrected chi connectivity index (χ0v) is 17.0. The average molecular weight is 356 g/mol. The van der Waals surface area contributed by atoms with Gasteiger partial charge in [0.1, 0.15) is 12.4 Å². The maximum atomic E-state index is 9.50. The number of aryl methyl sites for hydroxylation is 1. The number of ether oxygens (including phenoxy) is 1. The highest BCUT2D eigenvalue weighted by Crippen LogP contribution is 2.13. The molecule has 142 valence electrons. The van der Waals surface area contributed by atoms with E-state index in [9.17, 15) is 4.79 Å². The third-order valence-corrected chi connectivity index (χ3v) is 2.72. The van der Waals surface area contributed by atoms with E-state index in [0.29, 0.717) is 19.6 Å². The number of hydrogen-bond donors (Lipinski definition) is 1. The summed E-state index contributed by atoms with van der Waals surface area (Å²) in [5.74, 6) is 6.21. The maximum absolute atomic E-state index is 9.50. The molecule has 0 aliphatic carbocycles. The summed E-state index contributed by atoms with van der Waals surface area (Å²) in [7, 11) is 0. The minimum atomic E-state index is 0.458. The number of carbonyl (C=O) groups excluding carboxylic acids is 1. The molecular weight excluding hydrogens is 322 g/mol. The van der Waals surface area contributed by atoms with Gasteiger partial charge in [-0.1, -0.05) is 81.6 Å². The summed E-state index contributed by atoms with van der Waals surface area (Å²) < 4.78 is 5.65. The molecule has 0 unspecified atom stereocenters. The van der Waals surface area contributed by atoms with E-state index in [1.165, 1.54) is 11.1 Å². The molecule has 0 saturated heterocycles. The van der Waals surface area contributed by atoms with Gasteiger partial charge < -0.3 is 10.1 Å². The largest absolute Gasteiger partial charge is 0.489 e. The number of benzene rings is 2. The van der Waals surface area contributed by atoms with Gasteiger partial charge in [-0.3, -0.25) is 4.79 Å². The standard InChI is InChI=1S/C14H14O.C5H7NO.2C2H6/c1-12-7-9-14(10-8-12)15-11-13-5-3-2-4-6-13;1-2-3-4-6-5-7;2*1-2/h2-10H,11H2,1H3;5H,4H2,1H3,(H,6,7);2*1-2H3. The van der Waals surface area contributed by atoms with Crippen LogP contribution in [0.15, 0.2) is 54.6 Å². The second kappa shape index (κ2) is 20.3. The second-order valence-electron chi connectivity index (χ2n) is 4.51. The summed E-state index contributed by atoms with van der Waals surface area (Å²) in [4.78, 5) is 9.50. The third-order valence-electron chi connectivity index (χ3n) is 2.72. The van der Waals surface area contributed by atoms with Crippen LogP contribution in [0.2, 0.25) is 0 Å². The first-order valence-electron chi connectivity index (χ1n) is 9.06. The maximum Gasteiger partial charge on any atom is 0.207 e. The number of rotatable bonds is 5. The van der Waals surface area contributed by atoms with Gasteiger partial charge in [0, 0.05) is 0 Å². The van der Waals surface area contributed by atoms with Crippen LogP contribution >= 0.6 is 0 Å². The average Bonchev–Trinajstić information content (AvgIpc) is 2.72. The molecule has 2 aromatic carbocycles. The minimum absolute atomic E-state index is 0.458. The highest BCUT2D eigenvalue weighted by molar-refractivity contribution is 5.46. The van der Waals surface area contributed by atoms with Crippen molar-refractivity contribution in [1.29, 1.82) is 0 Å². The van der Waals surface area contributed by atoms with Crippen LogP contribution < -0.4 is 10.1 Å². The van der Waals surface area contributed by atoms with Crippen LogP contribution in [0.25, 0.3) is 0 Å². The van der Waals surface area contributed by atoms with E-state index >= 15 is 0 Å².